The number of nitrogens with one attached hydrogen (secondary N) is 2. The van der Waals surface area contributed by atoms with Crippen LogP contribution >= 0.6 is 0 Å². The first-order valence-corrected chi connectivity index (χ1v) is 12.8. The SMILES string of the molecule is CC(C)(C)N(CC(=O)N(CC(=O)NO)CC1CCCCC1)C(=O)Nc1ccc(Oc2ccccc2)cc1. The summed E-state index contributed by atoms with van der Waals surface area (Å²) in [6, 6.07) is 16.0. The van der Waals surface area contributed by atoms with Gasteiger partial charge in [0.2, 0.25) is 5.91 Å². The second-order valence-electron chi connectivity index (χ2n) is 10.4. The molecule has 0 spiro atoms. The maximum Gasteiger partial charge on any atom is 0.322 e. The molecule has 4 amide bonds. The number of benzene rings is 2. The first-order chi connectivity index (χ1) is 17.7. The maximum atomic E-state index is 13.3. The Hall–Kier alpha value is -3.59. The second kappa shape index (κ2) is 13.1. The van der Waals surface area contributed by atoms with E-state index in [1.807, 2.05) is 51.1 Å². The van der Waals surface area contributed by atoms with Gasteiger partial charge in [0.1, 0.15) is 24.6 Å². The molecule has 1 aliphatic carbocycles. The molecule has 2 aromatic carbocycles. The van der Waals surface area contributed by atoms with Gasteiger partial charge in [-0.25, -0.2) is 10.3 Å². The molecular formula is C28H38N4O5. The predicted molar refractivity (Wildman–Crippen MR) is 142 cm³/mol. The zero-order chi connectivity index (χ0) is 26.8. The van der Waals surface area contributed by atoms with Gasteiger partial charge in [-0.05, 0) is 75.9 Å². The first-order valence-electron chi connectivity index (χ1n) is 12.8. The van der Waals surface area contributed by atoms with E-state index >= 15 is 0 Å². The van der Waals surface area contributed by atoms with Crippen molar-refractivity contribution >= 4 is 23.5 Å². The number of para-hydroxylation sites is 1. The van der Waals surface area contributed by atoms with Crippen LogP contribution < -0.4 is 15.5 Å². The molecule has 0 aliphatic heterocycles. The van der Waals surface area contributed by atoms with Crippen LogP contribution in [-0.2, 0) is 9.59 Å². The van der Waals surface area contributed by atoms with E-state index in [9.17, 15) is 14.4 Å². The number of rotatable bonds is 9. The van der Waals surface area contributed by atoms with Gasteiger partial charge < -0.3 is 19.9 Å². The first kappa shape index (κ1) is 28.0. The van der Waals surface area contributed by atoms with E-state index in [0.29, 0.717) is 29.6 Å². The molecule has 3 N–H and O–H groups in total. The highest BCUT2D eigenvalue weighted by Gasteiger charge is 2.32. The molecule has 1 saturated carbocycles. The largest absolute Gasteiger partial charge is 0.457 e. The van der Waals surface area contributed by atoms with Gasteiger partial charge in [0.15, 0.2) is 0 Å². The molecule has 9 nitrogen and oxygen atoms in total. The minimum Gasteiger partial charge on any atom is -0.457 e. The Balaban J connectivity index is 1.67. The number of nitrogens with zero attached hydrogens (tertiary/aromatic N) is 2. The summed E-state index contributed by atoms with van der Waals surface area (Å²) in [7, 11) is 0. The Kier molecular flexibility index (Phi) is 9.91. The lowest BCUT2D eigenvalue weighted by Gasteiger charge is -2.37. The van der Waals surface area contributed by atoms with Gasteiger partial charge in [-0.15, -0.1) is 0 Å². The van der Waals surface area contributed by atoms with Crippen LogP contribution in [-0.4, -0.2) is 58.0 Å². The molecule has 0 atom stereocenters. The lowest BCUT2D eigenvalue weighted by Crippen LogP contribution is -2.54. The van der Waals surface area contributed by atoms with E-state index in [4.69, 9.17) is 9.94 Å². The van der Waals surface area contributed by atoms with Crippen LogP contribution in [0.1, 0.15) is 52.9 Å². The molecule has 2 aromatic rings. The third kappa shape index (κ3) is 8.78. The molecule has 0 radical (unpaired) electrons. The number of anilines is 1. The molecule has 0 aromatic heterocycles. The quantitative estimate of drug-likeness (QED) is 0.324. The Bertz CT molecular complexity index is 1030. The highest BCUT2D eigenvalue weighted by atomic mass is 16.5. The lowest BCUT2D eigenvalue weighted by atomic mass is 9.89. The molecule has 1 fully saturated rings. The van der Waals surface area contributed by atoms with Crippen molar-refractivity contribution in [2.24, 2.45) is 5.92 Å². The molecule has 3 rings (SSSR count). The van der Waals surface area contributed by atoms with E-state index in [2.05, 4.69) is 5.32 Å². The summed E-state index contributed by atoms with van der Waals surface area (Å²) in [5.74, 6) is 0.647. The average Bonchev–Trinajstić information content (AvgIpc) is 2.88. The summed E-state index contributed by atoms with van der Waals surface area (Å²) in [5, 5.41) is 11.9. The van der Waals surface area contributed by atoms with Crippen LogP contribution in [0.5, 0.6) is 11.5 Å². The third-order valence-electron chi connectivity index (χ3n) is 6.45. The van der Waals surface area contributed by atoms with Crippen LogP contribution in [0, 0.1) is 5.92 Å². The maximum absolute atomic E-state index is 13.3. The molecule has 0 unspecified atom stereocenters. The Morgan fingerprint density at radius 3 is 2.14 bits per heavy atom. The topological polar surface area (TPSA) is 111 Å². The minimum atomic E-state index is -0.661. The van der Waals surface area contributed by atoms with Gasteiger partial charge >= 0.3 is 6.03 Å². The Morgan fingerprint density at radius 1 is 0.919 bits per heavy atom. The molecule has 1 aliphatic rings. The van der Waals surface area contributed by atoms with E-state index in [1.54, 1.807) is 29.7 Å². The number of urea groups is 1. The molecule has 0 saturated heterocycles. The fraction of sp³-hybridized carbons (Fsp3) is 0.464. The highest BCUT2D eigenvalue weighted by Crippen LogP contribution is 2.26. The van der Waals surface area contributed by atoms with E-state index in [1.165, 1.54) is 16.2 Å². The minimum absolute atomic E-state index is 0.198. The molecular weight excluding hydrogens is 472 g/mol. The van der Waals surface area contributed by atoms with Crippen molar-refractivity contribution in [3.05, 3.63) is 54.6 Å². The van der Waals surface area contributed by atoms with Crippen molar-refractivity contribution < 1.29 is 24.3 Å². The summed E-state index contributed by atoms with van der Waals surface area (Å²) >= 11 is 0. The summed E-state index contributed by atoms with van der Waals surface area (Å²) in [6.07, 6.45) is 5.38. The monoisotopic (exact) mass is 510 g/mol. The smallest absolute Gasteiger partial charge is 0.322 e. The van der Waals surface area contributed by atoms with Gasteiger partial charge in [0.05, 0.1) is 0 Å². The van der Waals surface area contributed by atoms with Gasteiger partial charge in [0, 0.05) is 17.8 Å². The predicted octanol–water partition coefficient (Wildman–Crippen LogP) is 5.03. The second-order valence-corrected chi connectivity index (χ2v) is 10.4. The van der Waals surface area contributed by atoms with Crippen molar-refractivity contribution in [3.8, 4) is 11.5 Å². The fourth-order valence-electron chi connectivity index (χ4n) is 4.42. The fourth-order valence-corrected chi connectivity index (χ4v) is 4.42. The van der Waals surface area contributed by atoms with Crippen LogP contribution in [0.4, 0.5) is 10.5 Å². The normalized spacial score (nSPS) is 13.9. The van der Waals surface area contributed by atoms with Gasteiger partial charge in [0.25, 0.3) is 5.91 Å². The number of hydroxylamine groups is 1. The zero-order valence-corrected chi connectivity index (χ0v) is 21.9. The van der Waals surface area contributed by atoms with Crippen molar-refractivity contribution in [3.63, 3.8) is 0 Å². The summed E-state index contributed by atoms with van der Waals surface area (Å²) in [5.41, 5.74) is 1.51. The van der Waals surface area contributed by atoms with Gasteiger partial charge in [-0.1, -0.05) is 37.5 Å². The van der Waals surface area contributed by atoms with Crippen molar-refractivity contribution in [1.82, 2.24) is 15.3 Å². The molecule has 0 bridgehead atoms. The standard InChI is InChI=1S/C28H38N4O5/c1-28(2,3)32(20-26(34)31(19-25(33)30-36)18-21-10-6-4-7-11-21)27(35)29-22-14-16-24(17-15-22)37-23-12-8-5-9-13-23/h5,8-9,12-17,21,36H,4,6-7,10-11,18-20H2,1-3H3,(H,29,35)(H,30,33). The van der Waals surface area contributed by atoms with Crippen molar-refractivity contribution in [2.75, 3.05) is 25.0 Å². The molecule has 200 valence electrons. The molecule has 0 heterocycles. The number of amides is 4. The summed E-state index contributed by atoms with van der Waals surface area (Å²) in [4.78, 5) is 41.4. The Morgan fingerprint density at radius 2 is 1.54 bits per heavy atom. The van der Waals surface area contributed by atoms with E-state index in [0.717, 1.165) is 25.7 Å². The van der Waals surface area contributed by atoms with Crippen LogP contribution in [0.25, 0.3) is 0 Å². The molecule has 9 heteroatoms. The molecule has 37 heavy (non-hydrogen) atoms. The van der Waals surface area contributed by atoms with Crippen LogP contribution in [0.2, 0.25) is 0 Å². The van der Waals surface area contributed by atoms with Gasteiger partial charge in [-0.3, -0.25) is 14.8 Å². The summed E-state index contributed by atoms with van der Waals surface area (Å²) < 4.78 is 5.80. The van der Waals surface area contributed by atoms with Crippen LogP contribution in [0.3, 0.4) is 0 Å². The third-order valence-corrected chi connectivity index (χ3v) is 6.45. The number of hydrogen-bond acceptors (Lipinski definition) is 5. The van der Waals surface area contributed by atoms with Crippen molar-refractivity contribution in [2.45, 2.75) is 58.4 Å². The summed E-state index contributed by atoms with van der Waals surface area (Å²) in [6.45, 7) is 5.52. The average molecular weight is 511 g/mol. The number of carbonyl (C=O) groups excluding carboxylic acids is 3. The number of hydrogen-bond donors (Lipinski definition) is 3. The van der Waals surface area contributed by atoms with Gasteiger partial charge in [-0.2, -0.15) is 0 Å². The van der Waals surface area contributed by atoms with E-state index in [-0.39, 0.29) is 19.0 Å². The van der Waals surface area contributed by atoms with E-state index < -0.39 is 17.5 Å². The lowest BCUT2D eigenvalue weighted by molar-refractivity contribution is -0.140. The number of ether oxygens (including phenoxy) is 1. The highest BCUT2D eigenvalue weighted by molar-refractivity contribution is 5.93. The van der Waals surface area contributed by atoms with Crippen LogP contribution in [0.15, 0.2) is 54.6 Å². The Labute approximate surface area is 218 Å². The zero-order valence-electron chi connectivity index (χ0n) is 21.9. The van der Waals surface area contributed by atoms with Crippen molar-refractivity contribution in [1.29, 1.82) is 0 Å². The number of carbonyl (C=O) groups is 3.